The largest absolute Gasteiger partial charge is 0.321 e. The van der Waals surface area contributed by atoms with E-state index in [9.17, 15) is 19.3 Å². The zero-order valence-corrected chi connectivity index (χ0v) is 17.6. The Hall–Kier alpha value is -3.27. The van der Waals surface area contributed by atoms with Crippen molar-refractivity contribution in [2.24, 2.45) is 0 Å². The SMILES string of the molecule is Cc1nn(Cc2ccc(F)cc2Cl)c(C)c1NC(=O)C(C)(C)n1cc([N+](=O)[O-])cn1. The molecule has 0 aliphatic carbocycles. The van der Waals surface area contributed by atoms with E-state index in [0.717, 1.165) is 6.20 Å². The van der Waals surface area contributed by atoms with E-state index >= 15 is 0 Å². The third kappa shape index (κ3) is 4.04. The minimum absolute atomic E-state index is 0.202. The third-order valence-corrected chi connectivity index (χ3v) is 5.22. The first-order valence-electron chi connectivity index (χ1n) is 8.99. The maximum absolute atomic E-state index is 13.3. The number of carbonyl (C=O) groups excluding carboxylic acids is 1. The van der Waals surface area contributed by atoms with Crippen molar-refractivity contribution in [1.29, 1.82) is 0 Å². The Labute approximate surface area is 176 Å². The van der Waals surface area contributed by atoms with Crippen LogP contribution in [0.25, 0.3) is 0 Å². The molecule has 0 spiro atoms. The Kier molecular flexibility index (Phi) is 5.62. The molecule has 0 saturated heterocycles. The van der Waals surface area contributed by atoms with E-state index < -0.39 is 22.2 Å². The molecule has 1 aromatic carbocycles. The molecule has 9 nitrogen and oxygen atoms in total. The zero-order valence-electron chi connectivity index (χ0n) is 16.8. The van der Waals surface area contributed by atoms with Crippen LogP contribution in [-0.4, -0.2) is 30.4 Å². The number of benzene rings is 1. The van der Waals surface area contributed by atoms with E-state index in [-0.39, 0.29) is 10.7 Å². The van der Waals surface area contributed by atoms with Gasteiger partial charge in [-0.25, -0.2) is 4.39 Å². The van der Waals surface area contributed by atoms with Crippen LogP contribution in [0.1, 0.15) is 30.8 Å². The predicted molar refractivity (Wildman–Crippen MR) is 109 cm³/mol. The van der Waals surface area contributed by atoms with Gasteiger partial charge in [0.15, 0.2) is 0 Å². The highest BCUT2D eigenvalue weighted by atomic mass is 35.5. The minimum atomic E-state index is -1.19. The number of aromatic nitrogens is 4. The summed E-state index contributed by atoms with van der Waals surface area (Å²) in [4.78, 5) is 23.3. The number of aryl methyl sites for hydroxylation is 1. The average molecular weight is 435 g/mol. The number of hydrogen-bond acceptors (Lipinski definition) is 5. The smallest absolute Gasteiger partial charge is 0.307 e. The molecule has 0 unspecified atom stereocenters. The van der Waals surface area contributed by atoms with E-state index in [2.05, 4.69) is 15.5 Å². The molecule has 30 heavy (non-hydrogen) atoms. The molecule has 0 aliphatic rings. The van der Waals surface area contributed by atoms with Gasteiger partial charge in [0, 0.05) is 5.02 Å². The summed E-state index contributed by atoms with van der Waals surface area (Å²) in [7, 11) is 0. The van der Waals surface area contributed by atoms with Crippen molar-refractivity contribution in [1.82, 2.24) is 19.6 Å². The second-order valence-corrected chi connectivity index (χ2v) is 7.76. The standard InChI is InChI=1S/C19H20ClFN6O3/c1-11-17(12(2)25(24-11)9-13-5-6-14(21)7-16(13)20)23-18(28)19(3,4)26-10-15(8-22-26)27(29)30/h5-8,10H,9H2,1-4H3,(H,23,28). The fourth-order valence-corrected chi connectivity index (χ4v) is 3.15. The van der Waals surface area contributed by atoms with Crippen molar-refractivity contribution in [3.63, 3.8) is 0 Å². The number of halogens is 2. The van der Waals surface area contributed by atoms with Gasteiger partial charge in [-0.15, -0.1) is 0 Å². The number of amides is 1. The molecule has 3 rings (SSSR count). The van der Waals surface area contributed by atoms with Gasteiger partial charge >= 0.3 is 5.69 Å². The van der Waals surface area contributed by atoms with Crippen molar-refractivity contribution >= 4 is 28.9 Å². The van der Waals surface area contributed by atoms with Crippen LogP contribution in [0.2, 0.25) is 5.02 Å². The molecule has 2 aromatic heterocycles. The number of anilines is 1. The summed E-state index contributed by atoms with van der Waals surface area (Å²) in [5, 5.41) is 22.4. The van der Waals surface area contributed by atoms with Crippen LogP contribution < -0.4 is 5.32 Å². The summed E-state index contributed by atoms with van der Waals surface area (Å²) in [6.45, 7) is 7.05. The molecule has 0 atom stereocenters. The second kappa shape index (κ2) is 7.86. The summed E-state index contributed by atoms with van der Waals surface area (Å²) < 4.78 is 16.2. The Balaban J connectivity index is 1.84. The lowest BCUT2D eigenvalue weighted by molar-refractivity contribution is -0.385. The van der Waals surface area contributed by atoms with Crippen molar-refractivity contribution in [3.8, 4) is 0 Å². The third-order valence-electron chi connectivity index (χ3n) is 4.86. The van der Waals surface area contributed by atoms with E-state index in [1.165, 1.54) is 23.0 Å². The first-order chi connectivity index (χ1) is 14.0. The number of hydrogen-bond donors (Lipinski definition) is 1. The van der Waals surface area contributed by atoms with Crippen molar-refractivity contribution in [2.45, 2.75) is 39.8 Å². The first-order valence-corrected chi connectivity index (χ1v) is 9.37. The molecule has 1 N–H and O–H groups in total. The van der Waals surface area contributed by atoms with Crippen LogP contribution in [0, 0.1) is 29.8 Å². The molecule has 0 saturated carbocycles. The number of nitrogens with one attached hydrogen (secondary N) is 1. The topological polar surface area (TPSA) is 108 Å². The summed E-state index contributed by atoms with van der Waals surface area (Å²) in [6.07, 6.45) is 2.30. The van der Waals surface area contributed by atoms with Crippen molar-refractivity contribution < 1.29 is 14.1 Å². The minimum Gasteiger partial charge on any atom is -0.321 e. The van der Waals surface area contributed by atoms with Crippen molar-refractivity contribution in [3.05, 3.63) is 68.5 Å². The summed E-state index contributed by atoms with van der Waals surface area (Å²) in [5.74, 6) is -0.836. The lowest BCUT2D eigenvalue weighted by Crippen LogP contribution is -2.40. The van der Waals surface area contributed by atoms with Crippen LogP contribution in [0.5, 0.6) is 0 Å². The van der Waals surface area contributed by atoms with E-state index in [4.69, 9.17) is 11.6 Å². The highest BCUT2D eigenvalue weighted by Crippen LogP contribution is 2.26. The second-order valence-electron chi connectivity index (χ2n) is 7.35. The quantitative estimate of drug-likeness (QED) is 0.468. The number of nitrogens with zero attached hydrogens (tertiary/aromatic N) is 5. The molecule has 11 heteroatoms. The van der Waals surface area contributed by atoms with Crippen LogP contribution in [0.4, 0.5) is 15.8 Å². The first kappa shape index (κ1) is 21.4. The highest BCUT2D eigenvalue weighted by Gasteiger charge is 2.33. The molecular formula is C19H20ClFN6O3. The maximum Gasteiger partial charge on any atom is 0.307 e. The van der Waals surface area contributed by atoms with E-state index in [0.29, 0.717) is 29.2 Å². The fraction of sp³-hybridized carbons (Fsp3) is 0.316. The highest BCUT2D eigenvalue weighted by molar-refractivity contribution is 6.31. The molecule has 158 valence electrons. The Morgan fingerprint density at radius 3 is 2.67 bits per heavy atom. The zero-order chi connectivity index (χ0) is 22.2. The monoisotopic (exact) mass is 434 g/mol. The Morgan fingerprint density at radius 2 is 2.07 bits per heavy atom. The number of carbonyl (C=O) groups is 1. The van der Waals surface area contributed by atoms with Gasteiger partial charge in [-0.05, 0) is 45.4 Å². The molecule has 2 heterocycles. The molecule has 1 amide bonds. The predicted octanol–water partition coefficient (Wildman–Crippen LogP) is 3.82. The molecule has 0 fully saturated rings. The van der Waals surface area contributed by atoms with Gasteiger partial charge in [-0.1, -0.05) is 17.7 Å². The maximum atomic E-state index is 13.3. The van der Waals surface area contributed by atoms with E-state index in [1.807, 2.05) is 0 Å². The number of rotatable bonds is 6. The fourth-order valence-electron chi connectivity index (χ4n) is 2.93. The van der Waals surface area contributed by atoms with Gasteiger partial charge in [0.25, 0.3) is 5.91 Å². The molecule has 0 radical (unpaired) electrons. The summed E-state index contributed by atoms with van der Waals surface area (Å²) >= 11 is 6.11. The van der Waals surface area contributed by atoms with Gasteiger partial charge < -0.3 is 5.32 Å². The molecular weight excluding hydrogens is 415 g/mol. The average Bonchev–Trinajstić information content (AvgIpc) is 3.26. The van der Waals surface area contributed by atoms with Crippen LogP contribution in [-0.2, 0) is 16.9 Å². The lowest BCUT2D eigenvalue weighted by Gasteiger charge is -2.24. The molecule has 0 bridgehead atoms. The normalized spacial score (nSPS) is 11.5. The van der Waals surface area contributed by atoms with Gasteiger partial charge in [0.1, 0.15) is 23.7 Å². The number of nitro groups is 1. The summed E-state index contributed by atoms with van der Waals surface area (Å²) in [5.41, 5.74) is 1.09. The van der Waals surface area contributed by atoms with Crippen LogP contribution in [0.15, 0.2) is 30.6 Å². The van der Waals surface area contributed by atoms with Gasteiger partial charge in [0.2, 0.25) is 0 Å². The molecule has 3 aromatic rings. The van der Waals surface area contributed by atoms with Crippen molar-refractivity contribution in [2.75, 3.05) is 5.32 Å². The lowest BCUT2D eigenvalue weighted by atomic mass is 10.0. The van der Waals surface area contributed by atoms with Gasteiger partial charge in [-0.3, -0.25) is 24.3 Å². The van der Waals surface area contributed by atoms with E-state index in [1.54, 1.807) is 38.4 Å². The Morgan fingerprint density at radius 1 is 1.37 bits per heavy atom. The Bertz CT molecular complexity index is 1140. The van der Waals surface area contributed by atoms with Crippen LogP contribution >= 0.6 is 11.6 Å². The van der Waals surface area contributed by atoms with Crippen LogP contribution in [0.3, 0.4) is 0 Å². The molecule has 0 aliphatic heterocycles. The van der Waals surface area contributed by atoms with Gasteiger partial charge in [0.05, 0.1) is 28.5 Å². The van der Waals surface area contributed by atoms with Gasteiger partial charge in [-0.2, -0.15) is 10.2 Å². The summed E-state index contributed by atoms with van der Waals surface area (Å²) in [6, 6.07) is 4.14.